The molecule has 0 saturated carbocycles. The van der Waals surface area contributed by atoms with Crippen LogP contribution < -0.4 is 24.4 Å². The lowest BCUT2D eigenvalue weighted by molar-refractivity contribution is -0.385. The normalized spacial score (nSPS) is 14.7. The van der Waals surface area contributed by atoms with Crippen molar-refractivity contribution in [1.82, 2.24) is 4.57 Å². The molecule has 0 N–H and O–H groups in total. The number of furan rings is 1. The minimum Gasteiger partial charge on any atom is -0.493 e. The molecule has 0 amide bonds. The van der Waals surface area contributed by atoms with Gasteiger partial charge >= 0.3 is 5.97 Å². The number of methoxy groups -OCH3 is 1. The number of nitro benzene ring substituents is 1. The fourth-order valence-corrected chi connectivity index (χ4v) is 5.94. The summed E-state index contributed by atoms with van der Waals surface area (Å²) in [6.45, 7) is 7.49. The first kappa shape index (κ1) is 29.5. The third-order valence-electron chi connectivity index (χ3n) is 6.91. The van der Waals surface area contributed by atoms with Crippen molar-refractivity contribution < 1.29 is 28.3 Å². The Hall–Kier alpha value is -4.97. The third kappa shape index (κ3) is 5.61. The second-order valence-electron chi connectivity index (χ2n) is 9.61. The Labute approximate surface area is 250 Å². The fraction of sp³-hybridized carbons (Fsp3) is 0.258. The van der Waals surface area contributed by atoms with Crippen LogP contribution in [0.3, 0.4) is 0 Å². The maximum atomic E-state index is 13.9. The standard InChI is InChI=1S/C31H29N3O8S/c1-6-40-25-15-20(10-12-24(25)39-5)28-27(30(36)41-7-2)18(4)32-31-33(28)29(35)26(43-31)16-21-11-13-23(42-21)19-9-8-17(3)22(14-19)34(37)38/h8-16,28H,6-7H2,1-5H3/b26-16-. The number of carbonyl (C=O) groups is 1. The van der Waals surface area contributed by atoms with E-state index in [0.717, 1.165) is 11.3 Å². The number of hydrogen-bond acceptors (Lipinski definition) is 10. The highest BCUT2D eigenvalue weighted by molar-refractivity contribution is 7.07. The number of esters is 1. The molecule has 1 aliphatic rings. The highest BCUT2D eigenvalue weighted by Crippen LogP contribution is 2.36. The van der Waals surface area contributed by atoms with Crippen LogP contribution >= 0.6 is 11.3 Å². The average molecular weight is 604 g/mol. The molecule has 222 valence electrons. The van der Waals surface area contributed by atoms with E-state index in [1.807, 2.05) is 6.92 Å². The van der Waals surface area contributed by atoms with E-state index in [-0.39, 0.29) is 23.4 Å². The van der Waals surface area contributed by atoms with Gasteiger partial charge in [-0.25, -0.2) is 9.79 Å². The van der Waals surface area contributed by atoms with Crippen molar-refractivity contribution in [3.8, 4) is 22.8 Å². The van der Waals surface area contributed by atoms with Crippen LogP contribution in [0.1, 0.15) is 43.7 Å². The van der Waals surface area contributed by atoms with Gasteiger partial charge in [-0.1, -0.05) is 29.5 Å². The topological polar surface area (TPSA) is 135 Å². The number of fused-ring (bicyclic) bond motifs is 1. The van der Waals surface area contributed by atoms with Gasteiger partial charge in [-0.3, -0.25) is 19.5 Å². The van der Waals surface area contributed by atoms with Crippen LogP contribution in [0.25, 0.3) is 17.4 Å². The molecule has 0 spiro atoms. The van der Waals surface area contributed by atoms with E-state index in [0.29, 0.717) is 61.3 Å². The summed E-state index contributed by atoms with van der Waals surface area (Å²) in [5.74, 6) is 1.22. The number of nitro groups is 1. The van der Waals surface area contributed by atoms with Crippen molar-refractivity contribution in [3.05, 3.63) is 106 Å². The van der Waals surface area contributed by atoms with Gasteiger partial charge in [-0.15, -0.1) is 0 Å². The first-order chi connectivity index (χ1) is 20.7. The second kappa shape index (κ2) is 12.1. The first-order valence-electron chi connectivity index (χ1n) is 13.5. The van der Waals surface area contributed by atoms with Crippen molar-refractivity contribution in [2.75, 3.05) is 20.3 Å². The molecule has 2 aromatic heterocycles. The van der Waals surface area contributed by atoms with E-state index in [4.69, 9.17) is 18.6 Å². The number of thiazole rings is 1. The van der Waals surface area contributed by atoms with Crippen molar-refractivity contribution in [2.24, 2.45) is 4.99 Å². The summed E-state index contributed by atoms with van der Waals surface area (Å²) < 4.78 is 24.3. The fourth-order valence-electron chi connectivity index (χ4n) is 4.91. The smallest absolute Gasteiger partial charge is 0.338 e. The summed E-state index contributed by atoms with van der Waals surface area (Å²) in [5, 5.41) is 11.4. The number of aromatic nitrogens is 1. The van der Waals surface area contributed by atoms with Crippen LogP contribution in [0.5, 0.6) is 11.5 Å². The van der Waals surface area contributed by atoms with Crippen molar-refractivity contribution >= 4 is 29.1 Å². The Balaban J connectivity index is 1.63. The van der Waals surface area contributed by atoms with Gasteiger partial charge in [0.05, 0.1) is 47.1 Å². The summed E-state index contributed by atoms with van der Waals surface area (Å²) in [4.78, 5) is 43.1. The van der Waals surface area contributed by atoms with E-state index < -0.39 is 16.9 Å². The maximum absolute atomic E-state index is 13.9. The molecule has 4 aromatic rings. The summed E-state index contributed by atoms with van der Waals surface area (Å²) in [7, 11) is 1.54. The summed E-state index contributed by atoms with van der Waals surface area (Å²) in [5.41, 5.74) is 2.00. The molecule has 0 bridgehead atoms. The lowest BCUT2D eigenvalue weighted by Crippen LogP contribution is -2.39. The van der Waals surface area contributed by atoms with Crippen LogP contribution in [0.4, 0.5) is 5.69 Å². The molecule has 11 nitrogen and oxygen atoms in total. The highest BCUT2D eigenvalue weighted by atomic mass is 32.1. The molecule has 0 aliphatic carbocycles. The molecule has 1 unspecified atom stereocenters. The van der Waals surface area contributed by atoms with Crippen LogP contribution in [0.15, 0.2) is 74.0 Å². The van der Waals surface area contributed by atoms with E-state index in [1.165, 1.54) is 17.7 Å². The maximum Gasteiger partial charge on any atom is 0.338 e. The number of rotatable bonds is 9. The molecule has 3 heterocycles. The van der Waals surface area contributed by atoms with Gasteiger partial charge in [-0.2, -0.15) is 0 Å². The molecule has 43 heavy (non-hydrogen) atoms. The van der Waals surface area contributed by atoms with Gasteiger partial charge in [-0.05, 0) is 57.5 Å². The molecular weight excluding hydrogens is 574 g/mol. The molecule has 2 aromatic carbocycles. The Morgan fingerprint density at radius 3 is 2.60 bits per heavy atom. The molecule has 1 aliphatic heterocycles. The Morgan fingerprint density at radius 2 is 1.91 bits per heavy atom. The summed E-state index contributed by atoms with van der Waals surface area (Å²) in [6.07, 6.45) is 1.59. The van der Waals surface area contributed by atoms with Gasteiger partial charge in [0, 0.05) is 23.3 Å². The van der Waals surface area contributed by atoms with Gasteiger partial charge < -0.3 is 18.6 Å². The number of aryl methyl sites for hydroxylation is 1. The zero-order valence-corrected chi connectivity index (χ0v) is 25.0. The van der Waals surface area contributed by atoms with E-state index in [1.54, 1.807) is 69.3 Å². The third-order valence-corrected chi connectivity index (χ3v) is 7.89. The number of ether oxygens (including phenoxy) is 3. The van der Waals surface area contributed by atoms with Gasteiger partial charge in [0.15, 0.2) is 16.3 Å². The number of nitrogens with zero attached hydrogens (tertiary/aromatic N) is 3. The molecule has 1 atom stereocenters. The lowest BCUT2D eigenvalue weighted by Gasteiger charge is -2.25. The van der Waals surface area contributed by atoms with E-state index in [2.05, 4.69) is 4.99 Å². The Bertz CT molecular complexity index is 1950. The largest absolute Gasteiger partial charge is 0.493 e. The quantitative estimate of drug-likeness (QED) is 0.153. The SMILES string of the molecule is CCOC(=O)C1=C(C)N=c2s/c(=C\c3ccc(-c4ccc(C)c([N+](=O)[O-])c4)o3)c(=O)n2C1c1ccc(OC)c(OCC)c1. The molecule has 0 fully saturated rings. The van der Waals surface area contributed by atoms with Gasteiger partial charge in [0.25, 0.3) is 11.2 Å². The number of benzene rings is 2. The predicted molar refractivity (Wildman–Crippen MR) is 160 cm³/mol. The van der Waals surface area contributed by atoms with Crippen LogP contribution in [0.2, 0.25) is 0 Å². The number of carbonyl (C=O) groups excluding carboxylic acids is 1. The van der Waals surface area contributed by atoms with Crippen LogP contribution in [-0.2, 0) is 9.53 Å². The minimum atomic E-state index is -0.831. The van der Waals surface area contributed by atoms with Gasteiger partial charge in [0.2, 0.25) is 0 Å². The average Bonchev–Trinajstić information content (AvgIpc) is 3.56. The monoisotopic (exact) mass is 603 g/mol. The van der Waals surface area contributed by atoms with Crippen molar-refractivity contribution in [2.45, 2.75) is 33.7 Å². The first-order valence-corrected chi connectivity index (χ1v) is 14.3. The van der Waals surface area contributed by atoms with Crippen molar-refractivity contribution in [3.63, 3.8) is 0 Å². The van der Waals surface area contributed by atoms with Gasteiger partial charge in [0.1, 0.15) is 11.5 Å². The molecule has 5 rings (SSSR count). The summed E-state index contributed by atoms with van der Waals surface area (Å²) in [6, 6.07) is 12.7. The predicted octanol–water partition coefficient (Wildman–Crippen LogP) is 4.68. The Kier molecular flexibility index (Phi) is 8.31. The highest BCUT2D eigenvalue weighted by Gasteiger charge is 2.34. The van der Waals surface area contributed by atoms with E-state index >= 15 is 0 Å². The molecule has 0 radical (unpaired) electrons. The minimum absolute atomic E-state index is 0.0115. The zero-order valence-electron chi connectivity index (χ0n) is 24.2. The zero-order chi connectivity index (χ0) is 30.8. The second-order valence-corrected chi connectivity index (χ2v) is 10.6. The molecular formula is C31H29N3O8S. The molecule has 0 saturated heterocycles. The van der Waals surface area contributed by atoms with Crippen LogP contribution in [0, 0.1) is 17.0 Å². The Morgan fingerprint density at radius 1 is 1.12 bits per heavy atom. The van der Waals surface area contributed by atoms with E-state index in [9.17, 15) is 19.7 Å². The number of hydrogen-bond donors (Lipinski definition) is 0. The lowest BCUT2D eigenvalue weighted by atomic mass is 9.95. The molecule has 12 heteroatoms. The number of allylic oxidation sites excluding steroid dienone is 1. The van der Waals surface area contributed by atoms with Crippen LogP contribution in [-0.4, -0.2) is 35.8 Å². The summed E-state index contributed by atoms with van der Waals surface area (Å²) >= 11 is 1.16. The van der Waals surface area contributed by atoms with Crippen molar-refractivity contribution in [1.29, 1.82) is 0 Å².